The van der Waals surface area contributed by atoms with Crippen LogP contribution >= 0.6 is 0 Å². The van der Waals surface area contributed by atoms with Gasteiger partial charge >= 0.3 is 30.0 Å². The molecule has 1 aromatic rings. The van der Waals surface area contributed by atoms with Crippen molar-refractivity contribution in [3.8, 4) is 0 Å². The van der Waals surface area contributed by atoms with E-state index in [0.29, 0.717) is 0 Å². The van der Waals surface area contributed by atoms with Crippen molar-refractivity contribution >= 4 is 35.8 Å². The molecule has 11 atom stereocenters. The van der Waals surface area contributed by atoms with Gasteiger partial charge in [0.15, 0.2) is 23.6 Å². The molecule has 0 radical (unpaired) electrons. The van der Waals surface area contributed by atoms with E-state index in [-0.39, 0.29) is 29.7 Å². The van der Waals surface area contributed by atoms with E-state index in [4.69, 9.17) is 28.4 Å². The summed E-state index contributed by atoms with van der Waals surface area (Å²) < 4.78 is 35.2. The van der Waals surface area contributed by atoms with Crippen molar-refractivity contribution < 1.29 is 72.5 Å². The summed E-state index contributed by atoms with van der Waals surface area (Å²) in [4.78, 5) is 81.9. The van der Waals surface area contributed by atoms with Crippen LogP contribution in [0.4, 0.5) is 4.79 Å². The molecular formula is C42H55NO15. The van der Waals surface area contributed by atoms with Crippen LogP contribution in [0.5, 0.6) is 0 Å². The van der Waals surface area contributed by atoms with Gasteiger partial charge in [0, 0.05) is 32.1 Å². The van der Waals surface area contributed by atoms with Crippen LogP contribution in [0.3, 0.4) is 0 Å². The number of aliphatic hydroxyl groups is 3. The Morgan fingerprint density at radius 3 is 2.17 bits per heavy atom. The average Bonchev–Trinajstić information content (AvgIpc) is 3.11. The Hall–Kier alpha value is -4.64. The molecule has 16 heteroatoms. The second-order valence-electron chi connectivity index (χ2n) is 17.3. The van der Waals surface area contributed by atoms with Crippen LogP contribution in [-0.2, 0) is 47.6 Å². The number of carbonyl (C=O) groups excluding carboxylic acids is 6. The Morgan fingerprint density at radius 1 is 1.00 bits per heavy atom. The van der Waals surface area contributed by atoms with Crippen molar-refractivity contribution in [2.45, 2.75) is 142 Å². The SMILES string of the molecule is C/C=C/[C@H](NC(=O)OC(C)(C)C)[C@@H](O)C(=O)O[C@H]1C[C@@]2(O)[C@@H](OC(=O)c3ccccc3)C3[C@](C)(C(=O)[C@H](OC(C)=O)C(=C1C)C2(C)C)[C@@H](O)C[C@H]1OC[C@@]31OC(C)=O. The summed E-state index contributed by atoms with van der Waals surface area (Å²) in [6.07, 6.45) is -8.56. The highest BCUT2D eigenvalue weighted by Gasteiger charge is 2.78. The number of hydrogen-bond donors (Lipinski definition) is 4. The number of fused-ring (bicyclic) bond motifs is 5. The standard InChI is InChI=1S/C42H55NO15/c1-11-15-25(43-37(51)58-38(5,6)7)30(47)36(50)55-26-19-42(52)34(56-35(49)24-16-13-12-14-17-24)32-40(10,27(46)18-28-41(32,20-53-28)57-23(4)45)33(48)31(54-22(3)44)29(21(26)2)39(42,8)9/h11-17,25-28,30-32,34,46-47,52H,18-20H2,1-10H3,(H,43,51)/b15-11+/t25-,26-,27-,28+,30+,31+,32?,34-,40+,41-,42+/m0/s1. The van der Waals surface area contributed by atoms with E-state index < -0.39 is 118 Å². The molecule has 1 aliphatic heterocycles. The fourth-order valence-corrected chi connectivity index (χ4v) is 9.26. The van der Waals surface area contributed by atoms with Crippen molar-refractivity contribution in [2.24, 2.45) is 16.7 Å². The van der Waals surface area contributed by atoms with Crippen molar-refractivity contribution in [3.05, 3.63) is 59.2 Å². The molecule has 58 heavy (non-hydrogen) atoms. The lowest BCUT2D eigenvalue weighted by molar-refractivity contribution is -0.346. The summed E-state index contributed by atoms with van der Waals surface area (Å²) in [6.45, 7) is 14.4. The van der Waals surface area contributed by atoms with E-state index in [0.717, 1.165) is 13.8 Å². The van der Waals surface area contributed by atoms with E-state index in [1.165, 1.54) is 38.1 Å². The third kappa shape index (κ3) is 7.66. The minimum Gasteiger partial charge on any atom is -0.456 e. The maximum atomic E-state index is 15.4. The van der Waals surface area contributed by atoms with Crippen LogP contribution in [0.2, 0.25) is 0 Å². The summed E-state index contributed by atoms with van der Waals surface area (Å²) in [5.41, 5.74) is -8.52. The number of aliphatic hydroxyl groups excluding tert-OH is 2. The van der Waals surface area contributed by atoms with Gasteiger partial charge in [0.2, 0.25) is 0 Å². The lowest BCUT2D eigenvalue weighted by Crippen LogP contribution is -2.82. The molecule has 0 spiro atoms. The molecule has 1 heterocycles. The minimum absolute atomic E-state index is 0.00761. The molecular weight excluding hydrogens is 758 g/mol. The van der Waals surface area contributed by atoms with Crippen molar-refractivity contribution in [1.29, 1.82) is 0 Å². The molecule has 16 nitrogen and oxygen atoms in total. The number of allylic oxidation sites excluding steroid dienone is 1. The summed E-state index contributed by atoms with van der Waals surface area (Å²) in [6, 6.07) is 6.47. The quantitative estimate of drug-likeness (QED) is 0.160. The Kier molecular flexibility index (Phi) is 12.1. The predicted molar refractivity (Wildman–Crippen MR) is 203 cm³/mol. The average molecular weight is 814 g/mol. The number of amides is 1. The highest BCUT2D eigenvalue weighted by atomic mass is 16.6. The molecule has 3 aliphatic carbocycles. The van der Waals surface area contributed by atoms with Crippen LogP contribution < -0.4 is 5.32 Å². The van der Waals surface area contributed by atoms with Gasteiger partial charge in [-0.05, 0) is 64.8 Å². The van der Waals surface area contributed by atoms with Gasteiger partial charge in [-0.1, -0.05) is 44.2 Å². The van der Waals surface area contributed by atoms with Crippen molar-refractivity contribution in [3.63, 3.8) is 0 Å². The zero-order chi connectivity index (χ0) is 43.3. The number of benzene rings is 1. The molecule has 2 saturated carbocycles. The lowest BCUT2D eigenvalue weighted by Gasteiger charge is -2.67. The van der Waals surface area contributed by atoms with Gasteiger partial charge in [-0.2, -0.15) is 0 Å². The predicted octanol–water partition coefficient (Wildman–Crippen LogP) is 3.03. The number of Topliss-reactive ketones (excluding diaryl/α,β-unsaturated/α-hetero) is 1. The minimum atomic E-state index is -2.38. The third-order valence-electron chi connectivity index (χ3n) is 12.1. The van der Waals surface area contributed by atoms with E-state index in [1.54, 1.807) is 59.7 Å². The third-order valence-corrected chi connectivity index (χ3v) is 12.1. The Labute approximate surface area is 337 Å². The summed E-state index contributed by atoms with van der Waals surface area (Å²) in [5, 5.41) is 39.3. The van der Waals surface area contributed by atoms with Crippen LogP contribution in [0.15, 0.2) is 53.6 Å². The number of carbonyl (C=O) groups is 6. The summed E-state index contributed by atoms with van der Waals surface area (Å²) in [7, 11) is 0. The Balaban J connectivity index is 1.73. The monoisotopic (exact) mass is 813 g/mol. The first-order valence-electron chi connectivity index (χ1n) is 19.3. The molecule has 3 fully saturated rings. The number of hydrogen-bond acceptors (Lipinski definition) is 15. The molecule has 0 aromatic heterocycles. The van der Waals surface area contributed by atoms with Gasteiger partial charge in [-0.15, -0.1) is 0 Å². The highest BCUT2D eigenvalue weighted by Crippen LogP contribution is 2.64. The lowest BCUT2D eigenvalue weighted by atomic mass is 9.44. The van der Waals surface area contributed by atoms with Crippen LogP contribution in [0.1, 0.15) is 92.4 Å². The molecule has 4 aliphatic rings. The van der Waals surface area contributed by atoms with Gasteiger partial charge in [0.25, 0.3) is 0 Å². The van der Waals surface area contributed by atoms with Crippen LogP contribution in [-0.4, -0.2) is 117 Å². The first-order valence-corrected chi connectivity index (χ1v) is 19.3. The zero-order valence-corrected chi connectivity index (χ0v) is 34.5. The molecule has 2 bridgehead atoms. The van der Waals surface area contributed by atoms with Gasteiger partial charge in [0.05, 0.1) is 35.6 Å². The van der Waals surface area contributed by atoms with Gasteiger partial charge in [-0.25, -0.2) is 14.4 Å². The van der Waals surface area contributed by atoms with Gasteiger partial charge < -0.3 is 49.1 Å². The second-order valence-corrected chi connectivity index (χ2v) is 17.3. The number of nitrogens with one attached hydrogen (secondary N) is 1. The van der Waals surface area contributed by atoms with Crippen molar-refractivity contribution in [2.75, 3.05) is 6.61 Å². The number of ether oxygens (including phenoxy) is 6. The van der Waals surface area contributed by atoms with E-state index in [1.807, 2.05) is 0 Å². The summed E-state index contributed by atoms with van der Waals surface area (Å²) in [5.74, 6) is -6.27. The molecule has 1 aromatic carbocycles. The first kappa shape index (κ1) is 44.5. The molecule has 1 amide bonds. The largest absolute Gasteiger partial charge is 0.456 e. The van der Waals surface area contributed by atoms with Gasteiger partial charge in [-0.3, -0.25) is 14.4 Å². The molecule has 1 saturated heterocycles. The normalized spacial score (nSPS) is 33.8. The Morgan fingerprint density at radius 2 is 1.64 bits per heavy atom. The molecule has 1 unspecified atom stereocenters. The van der Waals surface area contributed by atoms with Crippen molar-refractivity contribution in [1.82, 2.24) is 5.32 Å². The second kappa shape index (κ2) is 15.8. The molecule has 318 valence electrons. The summed E-state index contributed by atoms with van der Waals surface area (Å²) >= 11 is 0. The number of rotatable bonds is 9. The molecule has 5 rings (SSSR count). The topological polar surface area (TPSA) is 231 Å². The van der Waals surface area contributed by atoms with Gasteiger partial charge in [0.1, 0.15) is 29.5 Å². The molecule has 4 N–H and O–H groups in total. The van der Waals surface area contributed by atoms with Crippen LogP contribution in [0.25, 0.3) is 0 Å². The van der Waals surface area contributed by atoms with E-state index >= 15 is 4.79 Å². The number of alkyl carbamates (subject to hydrolysis) is 1. The maximum Gasteiger partial charge on any atom is 0.408 e. The Bertz CT molecular complexity index is 1880. The fraction of sp³-hybridized carbons (Fsp3) is 0.619. The smallest absolute Gasteiger partial charge is 0.408 e. The fourth-order valence-electron chi connectivity index (χ4n) is 9.26. The number of ketones is 1. The highest BCUT2D eigenvalue weighted by molar-refractivity contribution is 5.95. The zero-order valence-electron chi connectivity index (χ0n) is 34.5. The van der Waals surface area contributed by atoms with E-state index in [2.05, 4.69) is 5.32 Å². The van der Waals surface area contributed by atoms with E-state index in [9.17, 15) is 39.3 Å². The number of esters is 4. The first-order chi connectivity index (χ1) is 26.8. The maximum absolute atomic E-state index is 15.4. The van der Waals surface area contributed by atoms with Crippen LogP contribution in [0, 0.1) is 16.7 Å².